The number of carbonyl (C=O) groups is 3. The van der Waals surface area contributed by atoms with Crippen LogP contribution in [0.3, 0.4) is 0 Å². The van der Waals surface area contributed by atoms with E-state index in [9.17, 15) is 14.4 Å². The van der Waals surface area contributed by atoms with Gasteiger partial charge in [-0.3, -0.25) is 14.4 Å². The summed E-state index contributed by atoms with van der Waals surface area (Å²) < 4.78 is 17.0. The van der Waals surface area contributed by atoms with E-state index in [-0.39, 0.29) is 31.1 Å². The molecule has 6 nitrogen and oxygen atoms in total. The zero-order valence-corrected chi connectivity index (χ0v) is 48.2. The molecular weight excluding hydrogens is 865 g/mol. The minimum Gasteiger partial charge on any atom is -0.462 e. The predicted molar refractivity (Wildman–Crippen MR) is 303 cm³/mol. The molecule has 0 aliphatic carbocycles. The highest BCUT2D eigenvalue weighted by Crippen LogP contribution is 2.19. The SMILES string of the molecule is CCCCCCCCCCCCCCCCCCCCC(=O)OC[C@@H](COC(=O)CCCCCCCCCCCCCCCCCCC(C)C)OC(=O)CCCCCCCCCCCCCCC(C)C. The van der Waals surface area contributed by atoms with Crippen molar-refractivity contribution in [3.8, 4) is 0 Å². The van der Waals surface area contributed by atoms with Crippen molar-refractivity contribution in [1.29, 1.82) is 0 Å². The molecule has 0 saturated carbocycles. The smallest absolute Gasteiger partial charge is 0.306 e. The molecule has 0 radical (unpaired) electrons. The maximum Gasteiger partial charge on any atom is 0.306 e. The van der Waals surface area contributed by atoms with Gasteiger partial charge in [0.05, 0.1) is 0 Å². The number of carbonyl (C=O) groups excluding carboxylic acids is 3. The molecule has 0 N–H and O–H groups in total. The standard InChI is InChI=1S/C64H124O6/c1-6-7-8-9-10-11-12-13-14-15-16-20-23-29-34-39-44-49-54-62(65)68-57-61(70-64(67)56-51-46-41-36-31-26-25-28-33-38-43-48-53-60(4)5)58-69-63(66)55-50-45-40-35-30-24-21-18-17-19-22-27-32-37-42-47-52-59(2)3/h59-61H,6-58H2,1-5H3/t61-/m0/s1. The van der Waals surface area contributed by atoms with Gasteiger partial charge in [0.15, 0.2) is 6.10 Å². The van der Waals surface area contributed by atoms with Crippen LogP contribution in [-0.2, 0) is 28.6 Å². The minimum atomic E-state index is -0.764. The van der Waals surface area contributed by atoms with E-state index in [1.165, 1.54) is 250 Å². The highest BCUT2D eigenvalue weighted by atomic mass is 16.6. The Morgan fingerprint density at radius 2 is 0.471 bits per heavy atom. The Balaban J connectivity index is 4.27. The second-order valence-electron chi connectivity index (χ2n) is 23.0. The van der Waals surface area contributed by atoms with E-state index in [0.717, 1.165) is 69.6 Å². The van der Waals surface area contributed by atoms with E-state index >= 15 is 0 Å². The van der Waals surface area contributed by atoms with Crippen molar-refractivity contribution in [1.82, 2.24) is 0 Å². The molecule has 0 aliphatic heterocycles. The van der Waals surface area contributed by atoms with Crippen LogP contribution in [0, 0.1) is 11.8 Å². The fourth-order valence-electron chi connectivity index (χ4n) is 9.93. The van der Waals surface area contributed by atoms with Crippen LogP contribution in [0.1, 0.15) is 362 Å². The molecule has 0 saturated heterocycles. The molecule has 0 rings (SSSR count). The van der Waals surface area contributed by atoms with Gasteiger partial charge in [0.1, 0.15) is 13.2 Å². The van der Waals surface area contributed by atoms with Gasteiger partial charge in [-0.15, -0.1) is 0 Å². The monoisotopic (exact) mass is 989 g/mol. The summed E-state index contributed by atoms with van der Waals surface area (Å²) in [5, 5.41) is 0. The quantitative estimate of drug-likeness (QED) is 0.0343. The fourth-order valence-corrected chi connectivity index (χ4v) is 9.93. The molecule has 0 heterocycles. The summed E-state index contributed by atoms with van der Waals surface area (Å²) in [6.07, 6.45) is 62.5. The maximum absolute atomic E-state index is 12.9. The Morgan fingerprint density at radius 1 is 0.271 bits per heavy atom. The average Bonchev–Trinajstić information content (AvgIpc) is 3.33. The van der Waals surface area contributed by atoms with Crippen molar-refractivity contribution in [3.05, 3.63) is 0 Å². The van der Waals surface area contributed by atoms with Gasteiger partial charge < -0.3 is 14.2 Å². The Kier molecular flexibility index (Phi) is 55.4. The first-order chi connectivity index (χ1) is 34.2. The first-order valence-corrected chi connectivity index (χ1v) is 31.7. The molecule has 6 heteroatoms. The lowest BCUT2D eigenvalue weighted by atomic mass is 10.0. The molecule has 70 heavy (non-hydrogen) atoms. The van der Waals surface area contributed by atoms with Gasteiger partial charge in [-0.2, -0.15) is 0 Å². The third-order valence-electron chi connectivity index (χ3n) is 14.7. The van der Waals surface area contributed by atoms with Gasteiger partial charge in [0, 0.05) is 19.3 Å². The van der Waals surface area contributed by atoms with Crippen molar-refractivity contribution < 1.29 is 28.6 Å². The van der Waals surface area contributed by atoms with Gasteiger partial charge in [-0.05, 0) is 31.1 Å². The minimum absolute atomic E-state index is 0.0620. The van der Waals surface area contributed by atoms with E-state index in [1.54, 1.807) is 0 Å². The van der Waals surface area contributed by atoms with E-state index in [2.05, 4.69) is 34.6 Å². The van der Waals surface area contributed by atoms with Gasteiger partial charge >= 0.3 is 17.9 Å². The summed E-state index contributed by atoms with van der Waals surface area (Å²) in [4.78, 5) is 38.3. The molecule has 0 bridgehead atoms. The molecule has 0 aliphatic rings. The number of ether oxygens (including phenoxy) is 3. The van der Waals surface area contributed by atoms with Crippen LogP contribution in [0.25, 0.3) is 0 Å². The number of unbranched alkanes of at least 4 members (excludes halogenated alkanes) is 43. The molecule has 0 amide bonds. The molecule has 416 valence electrons. The van der Waals surface area contributed by atoms with Crippen LogP contribution in [-0.4, -0.2) is 37.2 Å². The van der Waals surface area contributed by atoms with E-state index in [4.69, 9.17) is 14.2 Å². The average molecular weight is 990 g/mol. The maximum atomic E-state index is 12.9. The van der Waals surface area contributed by atoms with Crippen LogP contribution >= 0.6 is 0 Å². The molecule has 0 unspecified atom stereocenters. The first-order valence-electron chi connectivity index (χ1n) is 31.7. The summed E-state index contributed by atoms with van der Waals surface area (Å²) in [6.45, 7) is 11.4. The van der Waals surface area contributed by atoms with Crippen LogP contribution in [0.15, 0.2) is 0 Å². The van der Waals surface area contributed by atoms with Gasteiger partial charge in [0.25, 0.3) is 0 Å². The van der Waals surface area contributed by atoms with Crippen molar-refractivity contribution >= 4 is 17.9 Å². The highest BCUT2D eigenvalue weighted by Gasteiger charge is 2.19. The van der Waals surface area contributed by atoms with E-state index < -0.39 is 6.10 Å². The Labute approximate surface area is 438 Å². The lowest BCUT2D eigenvalue weighted by Crippen LogP contribution is -2.30. The van der Waals surface area contributed by atoms with Crippen LogP contribution in [0.5, 0.6) is 0 Å². The number of hydrogen-bond acceptors (Lipinski definition) is 6. The zero-order chi connectivity index (χ0) is 51.1. The van der Waals surface area contributed by atoms with Crippen LogP contribution < -0.4 is 0 Å². The third kappa shape index (κ3) is 57.3. The van der Waals surface area contributed by atoms with Crippen molar-refractivity contribution in [2.24, 2.45) is 11.8 Å². The van der Waals surface area contributed by atoms with E-state index in [1.807, 2.05) is 0 Å². The first kappa shape index (κ1) is 68.4. The largest absolute Gasteiger partial charge is 0.462 e. The Hall–Kier alpha value is -1.59. The van der Waals surface area contributed by atoms with Gasteiger partial charge in [0.2, 0.25) is 0 Å². The second-order valence-corrected chi connectivity index (χ2v) is 23.0. The van der Waals surface area contributed by atoms with Crippen molar-refractivity contribution in [2.45, 2.75) is 368 Å². The molecular formula is C64H124O6. The summed E-state index contributed by atoms with van der Waals surface area (Å²) >= 11 is 0. The van der Waals surface area contributed by atoms with Crippen LogP contribution in [0.2, 0.25) is 0 Å². The summed E-state index contributed by atoms with van der Waals surface area (Å²) in [5.74, 6) is 0.853. The van der Waals surface area contributed by atoms with Crippen molar-refractivity contribution in [3.63, 3.8) is 0 Å². The Bertz CT molecular complexity index is 1070. The number of rotatable bonds is 58. The normalized spacial score (nSPS) is 12.0. The number of esters is 3. The summed E-state index contributed by atoms with van der Waals surface area (Å²) in [5.41, 5.74) is 0. The lowest BCUT2D eigenvalue weighted by Gasteiger charge is -2.18. The van der Waals surface area contributed by atoms with E-state index in [0.29, 0.717) is 19.3 Å². The highest BCUT2D eigenvalue weighted by molar-refractivity contribution is 5.71. The number of hydrogen-bond donors (Lipinski definition) is 0. The summed E-state index contributed by atoms with van der Waals surface area (Å²) in [6, 6.07) is 0. The van der Waals surface area contributed by atoms with Crippen molar-refractivity contribution in [2.75, 3.05) is 13.2 Å². The fraction of sp³-hybridized carbons (Fsp3) is 0.953. The third-order valence-corrected chi connectivity index (χ3v) is 14.7. The molecule has 0 aromatic carbocycles. The Morgan fingerprint density at radius 3 is 0.700 bits per heavy atom. The topological polar surface area (TPSA) is 78.9 Å². The van der Waals surface area contributed by atoms with Gasteiger partial charge in [-0.1, -0.05) is 324 Å². The molecule has 0 aromatic rings. The molecule has 0 fully saturated rings. The molecule has 0 spiro atoms. The lowest BCUT2D eigenvalue weighted by molar-refractivity contribution is -0.167. The summed E-state index contributed by atoms with van der Waals surface area (Å²) in [7, 11) is 0. The molecule has 1 atom stereocenters. The van der Waals surface area contributed by atoms with Crippen LogP contribution in [0.4, 0.5) is 0 Å². The second kappa shape index (κ2) is 56.7. The molecule has 0 aromatic heterocycles. The predicted octanol–water partition coefficient (Wildman–Crippen LogP) is 21.2. The van der Waals surface area contributed by atoms with Gasteiger partial charge in [-0.25, -0.2) is 0 Å². The zero-order valence-electron chi connectivity index (χ0n) is 48.2.